The first kappa shape index (κ1) is 10.6. The third kappa shape index (κ3) is 2.03. The molecule has 4 nitrogen and oxygen atoms in total. The SMILES string of the molecule is COC1(C(=O)Nc2nccs2)CCCC1. The Balaban J connectivity index is 2.06. The van der Waals surface area contributed by atoms with Gasteiger partial charge in [-0.15, -0.1) is 11.3 Å². The lowest BCUT2D eigenvalue weighted by molar-refractivity contribution is -0.136. The molecule has 0 unspecified atom stereocenters. The molecule has 2 rings (SSSR count). The standard InChI is InChI=1S/C10H14N2O2S/c1-14-10(4-2-3-5-10)8(13)12-9-11-6-7-15-9/h6-7H,2-5H2,1H3,(H,11,12,13). The van der Waals surface area contributed by atoms with E-state index in [1.807, 2.05) is 5.38 Å². The van der Waals surface area contributed by atoms with Crippen molar-refractivity contribution in [1.82, 2.24) is 4.98 Å². The average molecular weight is 226 g/mol. The zero-order chi connectivity index (χ0) is 10.7. The maximum absolute atomic E-state index is 12.0. The van der Waals surface area contributed by atoms with E-state index in [0.717, 1.165) is 25.7 Å². The number of thiazole rings is 1. The van der Waals surface area contributed by atoms with Crippen LogP contribution < -0.4 is 5.32 Å². The monoisotopic (exact) mass is 226 g/mol. The van der Waals surface area contributed by atoms with Crippen LogP contribution in [0, 0.1) is 0 Å². The number of methoxy groups -OCH3 is 1. The minimum absolute atomic E-state index is 0.0579. The fourth-order valence-electron chi connectivity index (χ4n) is 1.97. The van der Waals surface area contributed by atoms with Gasteiger partial charge in [-0.3, -0.25) is 10.1 Å². The van der Waals surface area contributed by atoms with Gasteiger partial charge in [-0.2, -0.15) is 0 Å². The van der Waals surface area contributed by atoms with Gasteiger partial charge < -0.3 is 4.74 Å². The zero-order valence-electron chi connectivity index (χ0n) is 8.66. The van der Waals surface area contributed by atoms with Crippen LogP contribution in [-0.2, 0) is 9.53 Å². The van der Waals surface area contributed by atoms with Gasteiger partial charge in [-0.05, 0) is 25.7 Å². The molecular weight excluding hydrogens is 212 g/mol. The number of carbonyl (C=O) groups is 1. The number of nitrogens with zero attached hydrogens (tertiary/aromatic N) is 1. The zero-order valence-corrected chi connectivity index (χ0v) is 9.47. The second-order valence-corrected chi connectivity index (χ2v) is 4.59. The lowest BCUT2D eigenvalue weighted by Gasteiger charge is -2.25. The summed E-state index contributed by atoms with van der Waals surface area (Å²) in [5.41, 5.74) is -0.619. The summed E-state index contributed by atoms with van der Waals surface area (Å²) in [6.45, 7) is 0. The van der Waals surface area contributed by atoms with E-state index in [1.165, 1.54) is 11.3 Å². The number of nitrogens with one attached hydrogen (secondary N) is 1. The molecule has 5 heteroatoms. The Hall–Kier alpha value is -0.940. The third-order valence-corrected chi connectivity index (χ3v) is 3.56. The van der Waals surface area contributed by atoms with Crippen LogP contribution in [0.2, 0.25) is 0 Å². The molecule has 1 aliphatic rings. The molecule has 0 spiro atoms. The molecule has 0 bridgehead atoms. The fourth-order valence-corrected chi connectivity index (χ4v) is 2.49. The van der Waals surface area contributed by atoms with Crippen LogP contribution in [-0.4, -0.2) is 23.6 Å². The Morgan fingerprint density at radius 2 is 2.33 bits per heavy atom. The fraction of sp³-hybridized carbons (Fsp3) is 0.600. The van der Waals surface area contributed by atoms with Gasteiger partial charge in [0.05, 0.1) is 0 Å². The Morgan fingerprint density at radius 3 is 2.87 bits per heavy atom. The summed E-state index contributed by atoms with van der Waals surface area (Å²) < 4.78 is 5.37. The molecule has 1 aromatic heterocycles. The van der Waals surface area contributed by atoms with Crippen molar-refractivity contribution in [3.63, 3.8) is 0 Å². The predicted octanol–water partition coefficient (Wildman–Crippen LogP) is 2.04. The van der Waals surface area contributed by atoms with Crippen LogP contribution in [0.3, 0.4) is 0 Å². The van der Waals surface area contributed by atoms with Gasteiger partial charge in [0.15, 0.2) is 5.13 Å². The van der Waals surface area contributed by atoms with Crippen LogP contribution in [0.25, 0.3) is 0 Å². The molecule has 82 valence electrons. The molecule has 1 aromatic rings. The molecule has 15 heavy (non-hydrogen) atoms. The van der Waals surface area contributed by atoms with E-state index in [9.17, 15) is 4.79 Å². The minimum Gasteiger partial charge on any atom is -0.368 e. The van der Waals surface area contributed by atoms with Crippen molar-refractivity contribution < 1.29 is 9.53 Å². The second-order valence-electron chi connectivity index (χ2n) is 3.70. The Kier molecular flexibility index (Phi) is 3.02. The number of rotatable bonds is 3. The molecule has 0 aliphatic heterocycles. The van der Waals surface area contributed by atoms with Gasteiger partial charge in [0.2, 0.25) is 0 Å². The maximum atomic E-state index is 12.0. The highest BCUT2D eigenvalue weighted by Gasteiger charge is 2.41. The van der Waals surface area contributed by atoms with E-state index < -0.39 is 5.60 Å². The smallest absolute Gasteiger partial charge is 0.258 e. The van der Waals surface area contributed by atoms with Crippen molar-refractivity contribution in [2.45, 2.75) is 31.3 Å². The maximum Gasteiger partial charge on any atom is 0.258 e. The van der Waals surface area contributed by atoms with Gasteiger partial charge in [-0.25, -0.2) is 4.98 Å². The second kappa shape index (κ2) is 4.28. The highest BCUT2D eigenvalue weighted by molar-refractivity contribution is 7.13. The number of anilines is 1. The van der Waals surface area contributed by atoms with Crippen LogP contribution in [0.5, 0.6) is 0 Å². The normalized spacial score (nSPS) is 19.0. The summed E-state index contributed by atoms with van der Waals surface area (Å²) in [5.74, 6) is -0.0579. The van der Waals surface area contributed by atoms with Crippen molar-refractivity contribution >= 4 is 22.4 Å². The number of hydrogen-bond donors (Lipinski definition) is 1. The van der Waals surface area contributed by atoms with Gasteiger partial charge >= 0.3 is 0 Å². The molecular formula is C10H14N2O2S. The molecule has 0 aromatic carbocycles. The topological polar surface area (TPSA) is 51.2 Å². The molecule has 1 N–H and O–H groups in total. The minimum atomic E-state index is -0.619. The summed E-state index contributed by atoms with van der Waals surface area (Å²) in [5, 5.41) is 5.28. The number of amides is 1. The third-order valence-electron chi connectivity index (χ3n) is 2.87. The molecule has 0 atom stereocenters. The van der Waals surface area contributed by atoms with Crippen LogP contribution in [0.1, 0.15) is 25.7 Å². The molecule has 1 amide bonds. The van der Waals surface area contributed by atoms with E-state index in [0.29, 0.717) is 5.13 Å². The number of hydrogen-bond acceptors (Lipinski definition) is 4. The van der Waals surface area contributed by atoms with Crippen molar-refractivity contribution in [1.29, 1.82) is 0 Å². The molecule has 1 fully saturated rings. The van der Waals surface area contributed by atoms with Crippen LogP contribution in [0.15, 0.2) is 11.6 Å². The van der Waals surface area contributed by atoms with Crippen molar-refractivity contribution in [3.8, 4) is 0 Å². The number of carbonyl (C=O) groups excluding carboxylic acids is 1. The summed E-state index contributed by atoms with van der Waals surface area (Å²) >= 11 is 1.42. The largest absolute Gasteiger partial charge is 0.368 e. The summed E-state index contributed by atoms with van der Waals surface area (Å²) in [6, 6.07) is 0. The van der Waals surface area contributed by atoms with E-state index in [-0.39, 0.29) is 5.91 Å². The number of aromatic nitrogens is 1. The Morgan fingerprint density at radius 1 is 1.60 bits per heavy atom. The predicted molar refractivity (Wildman–Crippen MR) is 59.0 cm³/mol. The molecule has 1 heterocycles. The lowest BCUT2D eigenvalue weighted by Crippen LogP contribution is -2.42. The number of ether oxygens (including phenoxy) is 1. The molecule has 0 saturated heterocycles. The lowest BCUT2D eigenvalue weighted by atomic mass is 10.0. The molecule has 1 aliphatic carbocycles. The molecule has 0 radical (unpaired) electrons. The van der Waals surface area contributed by atoms with Crippen LogP contribution >= 0.6 is 11.3 Å². The summed E-state index contributed by atoms with van der Waals surface area (Å²) in [6.07, 6.45) is 5.40. The quantitative estimate of drug-likeness (QED) is 0.858. The Labute approximate surface area is 92.7 Å². The van der Waals surface area contributed by atoms with E-state index in [4.69, 9.17) is 4.74 Å². The first-order valence-electron chi connectivity index (χ1n) is 5.03. The molecule has 1 saturated carbocycles. The van der Waals surface area contributed by atoms with E-state index >= 15 is 0 Å². The van der Waals surface area contributed by atoms with Crippen molar-refractivity contribution in [3.05, 3.63) is 11.6 Å². The summed E-state index contributed by atoms with van der Waals surface area (Å²) in [7, 11) is 1.60. The highest BCUT2D eigenvalue weighted by Crippen LogP contribution is 2.33. The van der Waals surface area contributed by atoms with Gasteiger partial charge in [-0.1, -0.05) is 0 Å². The first-order valence-corrected chi connectivity index (χ1v) is 5.91. The first-order chi connectivity index (χ1) is 7.27. The van der Waals surface area contributed by atoms with Gasteiger partial charge in [0.1, 0.15) is 5.60 Å². The van der Waals surface area contributed by atoms with Crippen molar-refractivity contribution in [2.75, 3.05) is 12.4 Å². The highest BCUT2D eigenvalue weighted by atomic mass is 32.1. The van der Waals surface area contributed by atoms with E-state index in [1.54, 1.807) is 13.3 Å². The summed E-state index contributed by atoms with van der Waals surface area (Å²) in [4.78, 5) is 16.0. The average Bonchev–Trinajstić information content (AvgIpc) is 2.87. The van der Waals surface area contributed by atoms with Gasteiger partial charge in [0.25, 0.3) is 5.91 Å². The van der Waals surface area contributed by atoms with Crippen LogP contribution in [0.4, 0.5) is 5.13 Å². The van der Waals surface area contributed by atoms with Gasteiger partial charge in [0, 0.05) is 18.7 Å². The van der Waals surface area contributed by atoms with E-state index in [2.05, 4.69) is 10.3 Å². The Bertz CT molecular complexity index is 331. The van der Waals surface area contributed by atoms with Crippen molar-refractivity contribution in [2.24, 2.45) is 0 Å².